The Morgan fingerprint density at radius 3 is 2.95 bits per heavy atom. The van der Waals surface area contributed by atoms with E-state index in [0.29, 0.717) is 18.8 Å². The number of aromatic carboxylic acids is 1. The summed E-state index contributed by atoms with van der Waals surface area (Å²) in [6.45, 7) is 1.25. The van der Waals surface area contributed by atoms with Crippen molar-refractivity contribution < 1.29 is 19.0 Å². The molecule has 5 heteroatoms. The third-order valence-corrected chi connectivity index (χ3v) is 3.45. The van der Waals surface area contributed by atoms with Crippen LogP contribution in [0.25, 0.3) is 0 Å². The number of anilines is 1. The van der Waals surface area contributed by atoms with E-state index in [-0.39, 0.29) is 5.56 Å². The van der Waals surface area contributed by atoms with Gasteiger partial charge >= 0.3 is 5.97 Å². The Morgan fingerprint density at radius 2 is 2.14 bits per heavy atom. The summed E-state index contributed by atoms with van der Waals surface area (Å²) in [5.41, 5.74) is 2.49. The first-order valence-electron chi connectivity index (χ1n) is 6.65. The summed E-state index contributed by atoms with van der Waals surface area (Å²) in [6, 6.07) is 9.94. The summed E-state index contributed by atoms with van der Waals surface area (Å²) >= 11 is 0. The van der Waals surface area contributed by atoms with Gasteiger partial charge in [0.1, 0.15) is 11.6 Å². The highest BCUT2D eigenvalue weighted by atomic mass is 19.1. The lowest BCUT2D eigenvalue weighted by Gasteiger charge is -2.09. The second kappa shape index (κ2) is 5.44. The van der Waals surface area contributed by atoms with Crippen LogP contribution in [-0.4, -0.2) is 17.7 Å². The van der Waals surface area contributed by atoms with E-state index in [4.69, 9.17) is 9.84 Å². The number of halogens is 1. The molecule has 0 saturated heterocycles. The van der Waals surface area contributed by atoms with Gasteiger partial charge in [-0.15, -0.1) is 0 Å². The lowest BCUT2D eigenvalue weighted by molar-refractivity contribution is 0.0692. The third kappa shape index (κ3) is 2.81. The van der Waals surface area contributed by atoms with Crippen molar-refractivity contribution in [3.8, 4) is 5.75 Å². The predicted molar refractivity (Wildman–Crippen MR) is 76.3 cm³/mol. The Hall–Kier alpha value is -2.56. The van der Waals surface area contributed by atoms with Crippen LogP contribution in [0.4, 0.5) is 10.1 Å². The molecule has 1 aliphatic heterocycles. The molecule has 0 aliphatic carbocycles. The number of nitrogens with one attached hydrogen (secondary N) is 1. The first kappa shape index (κ1) is 13.4. The van der Waals surface area contributed by atoms with Crippen molar-refractivity contribution in [3.05, 3.63) is 58.9 Å². The minimum Gasteiger partial charge on any atom is -0.493 e. The quantitative estimate of drug-likeness (QED) is 0.907. The van der Waals surface area contributed by atoms with Gasteiger partial charge in [0.15, 0.2) is 0 Å². The molecule has 4 nitrogen and oxygen atoms in total. The van der Waals surface area contributed by atoms with Crippen LogP contribution in [0, 0.1) is 5.82 Å². The lowest BCUT2D eigenvalue weighted by atomic mass is 10.1. The maximum atomic E-state index is 13.3. The van der Waals surface area contributed by atoms with Crippen LogP contribution >= 0.6 is 0 Å². The molecule has 1 aliphatic rings. The number of rotatable bonds is 4. The summed E-state index contributed by atoms with van der Waals surface area (Å²) in [5, 5.41) is 12.0. The SMILES string of the molecule is O=C(O)c1cc(NCc2ccc3c(c2)CCO3)ccc1F. The fourth-order valence-electron chi connectivity index (χ4n) is 2.35. The molecule has 0 spiro atoms. The summed E-state index contributed by atoms with van der Waals surface area (Å²) in [5.74, 6) is -1.08. The molecule has 0 bridgehead atoms. The molecule has 0 radical (unpaired) electrons. The highest BCUT2D eigenvalue weighted by Gasteiger charge is 2.13. The fraction of sp³-hybridized carbons (Fsp3) is 0.188. The molecule has 0 aromatic heterocycles. The number of hydrogen-bond acceptors (Lipinski definition) is 3. The lowest BCUT2D eigenvalue weighted by Crippen LogP contribution is -2.04. The Morgan fingerprint density at radius 1 is 1.29 bits per heavy atom. The van der Waals surface area contributed by atoms with Crippen molar-refractivity contribution in [2.75, 3.05) is 11.9 Å². The summed E-state index contributed by atoms with van der Waals surface area (Å²) < 4.78 is 18.8. The van der Waals surface area contributed by atoms with Gasteiger partial charge in [-0.25, -0.2) is 9.18 Å². The van der Waals surface area contributed by atoms with Crippen LogP contribution < -0.4 is 10.1 Å². The van der Waals surface area contributed by atoms with Gasteiger partial charge in [0.25, 0.3) is 0 Å². The summed E-state index contributed by atoms with van der Waals surface area (Å²) in [4.78, 5) is 10.9. The van der Waals surface area contributed by atoms with Crippen molar-refractivity contribution in [1.29, 1.82) is 0 Å². The van der Waals surface area contributed by atoms with E-state index in [2.05, 4.69) is 11.4 Å². The molecule has 2 aromatic carbocycles. The van der Waals surface area contributed by atoms with Gasteiger partial charge in [0.2, 0.25) is 0 Å². The minimum absolute atomic E-state index is 0.331. The van der Waals surface area contributed by atoms with Gasteiger partial charge in [-0.2, -0.15) is 0 Å². The molecule has 0 amide bonds. The smallest absolute Gasteiger partial charge is 0.338 e. The van der Waals surface area contributed by atoms with Crippen LogP contribution in [0.1, 0.15) is 21.5 Å². The molecule has 3 rings (SSSR count). The van der Waals surface area contributed by atoms with Crippen molar-refractivity contribution in [2.45, 2.75) is 13.0 Å². The number of benzene rings is 2. The summed E-state index contributed by atoms with van der Waals surface area (Å²) in [7, 11) is 0. The molecule has 0 atom stereocenters. The zero-order valence-electron chi connectivity index (χ0n) is 11.2. The highest BCUT2D eigenvalue weighted by Crippen LogP contribution is 2.26. The van der Waals surface area contributed by atoms with Gasteiger partial charge in [-0.1, -0.05) is 12.1 Å². The van der Waals surface area contributed by atoms with E-state index in [1.54, 1.807) is 0 Å². The van der Waals surface area contributed by atoms with E-state index in [0.717, 1.165) is 23.8 Å². The molecule has 1 heterocycles. The molecular weight excluding hydrogens is 273 g/mol. The monoisotopic (exact) mass is 287 g/mol. The molecule has 0 fully saturated rings. The van der Waals surface area contributed by atoms with Crippen LogP contribution in [0.3, 0.4) is 0 Å². The maximum absolute atomic E-state index is 13.3. The average Bonchev–Trinajstić information content (AvgIpc) is 2.93. The van der Waals surface area contributed by atoms with E-state index in [1.807, 2.05) is 12.1 Å². The number of carbonyl (C=O) groups is 1. The Labute approximate surface area is 121 Å². The van der Waals surface area contributed by atoms with Crippen LogP contribution in [0.2, 0.25) is 0 Å². The van der Waals surface area contributed by atoms with Gasteiger partial charge in [0, 0.05) is 18.7 Å². The highest BCUT2D eigenvalue weighted by molar-refractivity contribution is 5.89. The molecule has 108 valence electrons. The standard InChI is InChI=1S/C16H14FNO3/c17-14-3-2-12(8-13(14)16(19)20)18-9-10-1-4-15-11(7-10)5-6-21-15/h1-4,7-8,18H,5-6,9H2,(H,19,20). The second-order valence-electron chi connectivity index (χ2n) is 4.89. The largest absolute Gasteiger partial charge is 0.493 e. The number of ether oxygens (including phenoxy) is 1. The molecule has 0 unspecified atom stereocenters. The van der Waals surface area contributed by atoms with Crippen LogP contribution in [0.5, 0.6) is 5.75 Å². The zero-order valence-corrected chi connectivity index (χ0v) is 11.2. The third-order valence-electron chi connectivity index (χ3n) is 3.45. The van der Waals surface area contributed by atoms with E-state index in [1.165, 1.54) is 17.7 Å². The molecule has 0 saturated carbocycles. The maximum Gasteiger partial charge on any atom is 0.338 e. The molecular formula is C16H14FNO3. The van der Waals surface area contributed by atoms with Crippen LogP contribution in [0.15, 0.2) is 36.4 Å². The van der Waals surface area contributed by atoms with E-state index < -0.39 is 11.8 Å². The molecule has 2 aromatic rings. The number of carboxylic acid groups (broad SMARTS) is 1. The fourth-order valence-corrected chi connectivity index (χ4v) is 2.35. The number of carboxylic acids is 1. The van der Waals surface area contributed by atoms with Crippen LogP contribution in [-0.2, 0) is 13.0 Å². The number of fused-ring (bicyclic) bond motifs is 1. The molecule has 2 N–H and O–H groups in total. The topological polar surface area (TPSA) is 58.6 Å². The van der Waals surface area contributed by atoms with Crippen molar-refractivity contribution in [3.63, 3.8) is 0 Å². The minimum atomic E-state index is -1.27. The average molecular weight is 287 g/mol. The van der Waals surface area contributed by atoms with Gasteiger partial charge in [-0.3, -0.25) is 0 Å². The normalized spacial score (nSPS) is 12.6. The Kier molecular flexibility index (Phi) is 3.48. The van der Waals surface area contributed by atoms with Gasteiger partial charge in [0.05, 0.1) is 12.2 Å². The van der Waals surface area contributed by atoms with Gasteiger partial charge in [-0.05, 0) is 35.4 Å². The Balaban J connectivity index is 1.73. The Bertz CT molecular complexity index is 700. The molecule has 21 heavy (non-hydrogen) atoms. The van der Waals surface area contributed by atoms with E-state index >= 15 is 0 Å². The van der Waals surface area contributed by atoms with Crippen molar-refractivity contribution in [1.82, 2.24) is 0 Å². The second-order valence-corrected chi connectivity index (χ2v) is 4.89. The van der Waals surface area contributed by atoms with Crippen molar-refractivity contribution >= 4 is 11.7 Å². The predicted octanol–water partition coefficient (Wildman–Crippen LogP) is 3.07. The first-order chi connectivity index (χ1) is 10.1. The first-order valence-corrected chi connectivity index (χ1v) is 6.65. The van der Waals surface area contributed by atoms with Gasteiger partial charge < -0.3 is 15.2 Å². The number of hydrogen-bond donors (Lipinski definition) is 2. The summed E-state index contributed by atoms with van der Waals surface area (Å²) in [6.07, 6.45) is 0.906. The van der Waals surface area contributed by atoms with Crippen molar-refractivity contribution in [2.24, 2.45) is 0 Å². The van der Waals surface area contributed by atoms with E-state index in [9.17, 15) is 9.18 Å². The zero-order chi connectivity index (χ0) is 14.8.